The van der Waals surface area contributed by atoms with Crippen molar-refractivity contribution >= 4 is 34.8 Å². The minimum Gasteiger partial charge on any atom is -0.382 e. The monoisotopic (exact) mass is 448 g/mol. The molecule has 3 amide bonds. The lowest BCUT2D eigenvalue weighted by Crippen LogP contribution is -2.35. The molecule has 0 spiro atoms. The average molecular weight is 448 g/mol. The van der Waals surface area contributed by atoms with Crippen LogP contribution in [0.3, 0.4) is 0 Å². The minimum atomic E-state index is -0.723. The van der Waals surface area contributed by atoms with Crippen LogP contribution in [0.2, 0.25) is 0 Å². The summed E-state index contributed by atoms with van der Waals surface area (Å²) < 4.78 is 16.6. The predicted molar refractivity (Wildman–Crippen MR) is 122 cm³/mol. The Bertz CT molecular complexity index is 1380. The van der Waals surface area contributed by atoms with Crippen LogP contribution in [-0.2, 0) is 0 Å². The second-order valence-corrected chi connectivity index (χ2v) is 7.23. The summed E-state index contributed by atoms with van der Waals surface area (Å²) in [5.74, 6) is -0.930. The molecule has 4 aromatic rings. The number of primary amides is 1. The summed E-state index contributed by atoms with van der Waals surface area (Å²) in [7, 11) is 0. The van der Waals surface area contributed by atoms with Crippen molar-refractivity contribution in [2.24, 2.45) is 5.73 Å². The number of urea groups is 1. The van der Waals surface area contributed by atoms with Gasteiger partial charge in [-0.1, -0.05) is 12.1 Å². The van der Waals surface area contributed by atoms with Gasteiger partial charge in [0.05, 0.1) is 11.3 Å². The van der Waals surface area contributed by atoms with Crippen molar-refractivity contribution in [3.8, 4) is 11.1 Å². The number of nitrogens with one attached hydrogen (secondary N) is 1. The molecule has 0 fully saturated rings. The second-order valence-electron chi connectivity index (χ2n) is 7.23. The highest BCUT2D eigenvalue weighted by atomic mass is 19.1. The molecular formula is C22H21FN8O2. The number of nitrogens with two attached hydrogens (primary N) is 2. The summed E-state index contributed by atoms with van der Waals surface area (Å²) in [6, 6.07) is 8.91. The maximum atomic E-state index is 15.3. The maximum absolute atomic E-state index is 15.3. The first-order valence-corrected chi connectivity index (χ1v) is 10.0. The molecule has 168 valence electrons. The Labute approximate surface area is 188 Å². The maximum Gasteiger partial charge on any atom is 0.327 e. The van der Waals surface area contributed by atoms with Crippen molar-refractivity contribution in [1.29, 1.82) is 0 Å². The van der Waals surface area contributed by atoms with E-state index in [1.165, 1.54) is 34.1 Å². The van der Waals surface area contributed by atoms with Gasteiger partial charge >= 0.3 is 6.03 Å². The molecule has 0 aliphatic heterocycles. The summed E-state index contributed by atoms with van der Waals surface area (Å²) in [4.78, 5) is 34.3. The van der Waals surface area contributed by atoms with E-state index in [2.05, 4.69) is 20.4 Å². The number of amides is 3. The van der Waals surface area contributed by atoms with Gasteiger partial charge in [-0.3, -0.25) is 15.0 Å². The number of carbonyl (C=O) groups excluding carboxylic acids is 2. The normalized spacial score (nSPS) is 10.9. The van der Waals surface area contributed by atoms with Crippen LogP contribution in [0.5, 0.6) is 0 Å². The number of rotatable bonds is 5. The van der Waals surface area contributed by atoms with E-state index in [9.17, 15) is 9.59 Å². The number of nitrogen functional groups attached to an aromatic ring is 1. The van der Waals surface area contributed by atoms with E-state index >= 15 is 4.39 Å². The Morgan fingerprint density at radius 3 is 2.70 bits per heavy atom. The molecule has 1 aromatic carbocycles. The smallest absolute Gasteiger partial charge is 0.327 e. The summed E-state index contributed by atoms with van der Waals surface area (Å²) in [5.41, 5.74) is 13.4. The molecule has 0 atom stereocenters. The molecule has 11 heteroatoms. The van der Waals surface area contributed by atoms with Crippen molar-refractivity contribution in [1.82, 2.24) is 19.6 Å². The van der Waals surface area contributed by atoms with Gasteiger partial charge in [-0.15, -0.1) is 0 Å². The number of hydrogen-bond acceptors (Lipinski definition) is 6. The molecule has 10 nitrogen and oxygen atoms in total. The number of anilines is 3. The van der Waals surface area contributed by atoms with Crippen LogP contribution in [0, 0.1) is 12.7 Å². The molecule has 0 saturated heterocycles. The molecule has 3 aromatic heterocycles. The Morgan fingerprint density at radius 1 is 1.24 bits per heavy atom. The van der Waals surface area contributed by atoms with Gasteiger partial charge in [0.25, 0.3) is 5.91 Å². The molecular weight excluding hydrogens is 427 g/mol. The first-order valence-electron chi connectivity index (χ1n) is 10.0. The highest BCUT2D eigenvalue weighted by Gasteiger charge is 2.23. The molecule has 4 rings (SSSR count). The van der Waals surface area contributed by atoms with Crippen molar-refractivity contribution in [2.75, 3.05) is 22.5 Å². The third-order valence-electron chi connectivity index (χ3n) is 5.08. The lowest BCUT2D eigenvalue weighted by atomic mass is 10.0. The van der Waals surface area contributed by atoms with Crippen LogP contribution in [0.25, 0.3) is 16.6 Å². The van der Waals surface area contributed by atoms with Crippen molar-refractivity contribution in [3.63, 3.8) is 0 Å². The average Bonchev–Trinajstić information content (AvgIpc) is 3.17. The van der Waals surface area contributed by atoms with Gasteiger partial charge in [-0.05, 0) is 43.7 Å². The van der Waals surface area contributed by atoms with E-state index in [-0.39, 0.29) is 23.6 Å². The highest BCUT2D eigenvalue weighted by molar-refractivity contribution is 6.07. The van der Waals surface area contributed by atoms with Crippen LogP contribution in [0.1, 0.15) is 23.0 Å². The van der Waals surface area contributed by atoms with Crippen LogP contribution < -0.4 is 21.7 Å². The van der Waals surface area contributed by atoms with Crippen LogP contribution in [0.4, 0.5) is 26.5 Å². The Morgan fingerprint density at radius 2 is 2.03 bits per heavy atom. The molecule has 0 saturated carbocycles. The van der Waals surface area contributed by atoms with E-state index < -0.39 is 17.8 Å². The van der Waals surface area contributed by atoms with Crippen molar-refractivity contribution < 1.29 is 14.0 Å². The van der Waals surface area contributed by atoms with Gasteiger partial charge in [0.1, 0.15) is 23.5 Å². The van der Waals surface area contributed by atoms with E-state index in [1.54, 1.807) is 38.1 Å². The fourth-order valence-electron chi connectivity index (χ4n) is 3.61. The van der Waals surface area contributed by atoms with E-state index in [1.807, 2.05) is 0 Å². The fraction of sp³-hybridized carbons (Fsp3) is 0.136. The lowest BCUT2D eigenvalue weighted by molar-refractivity contribution is 0.100. The van der Waals surface area contributed by atoms with E-state index in [4.69, 9.17) is 11.5 Å². The first kappa shape index (κ1) is 21.7. The first-order chi connectivity index (χ1) is 15.8. The number of pyridine rings is 1. The standard InChI is InChI=1S/C22H21FN8O2/c1-3-30(22(33)29-17-6-4-5-12(2)28-17)16-8-7-13(9-15(16)23)18-14(21(25)32)10-31-19(18)20(24)26-11-27-31/h4-11H,3H2,1-2H3,(H2,25,32)(H2,24,26,27)(H,28,29,33). The predicted octanol–water partition coefficient (Wildman–Crippen LogP) is 2.98. The molecule has 3 heterocycles. The Hall–Kier alpha value is -4.54. The number of nitrogens with zero attached hydrogens (tertiary/aromatic N) is 5. The fourth-order valence-corrected chi connectivity index (χ4v) is 3.61. The van der Waals surface area contributed by atoms with Gasteiger partial charge in [0.2, 0.25) is 0 Å². The zero-order valence-corrected chi connectivity index (χ0v) is 17.9. The third-order valence-corrected chi connectivity index (χ3v) is 5.08. The number of hydrogen-bond donors (Lipinski definition) is 3. The quantitative estimate of drug-likeness (QED) is 0.428. The number of aryl methyl sites for hydroxylation is 1. The van der Waals surface area contributed by atoms with Crippen molar-refractivity contribution in [3.05, 3.63) is 66.0 Å². The Balaban J connectivity index is 1.73. The molecule has 0 unspecified atom stereocenters. The zero-order valence-electron chi connectivity index (χ0n) is 17.9. The summed E-state index contributed by atoms with van der Waals surface area (Å²) in [5, 5.41) is 6.71. The van der Waals surface area contributed by atoms with Gasteiger partial charge in [-0.25, -0.2) is 23.7 Å². The van der Waals surface area contributed by atoms with Crippen LogP contribution in [0.15, 0.2) is 48.9 Å². The van der Waals surface area contributed by atoms with E-state index in [0.29, 0.717) is 22.5 Å². The minimum absolute atomic E-state index is 0.0553. The summed E-state index contributed by atoms with van der Waals surface area (Å²) in [6.45, 7) is 3.73. The molecule has 0 radical (unpaired) electrons. The van der Waals surface area contributed by atoms with Gasteiger partial charge in [0.15, 0.2) is 5.82 Å². The molecule has 5 N–H and O–H groups in total. The molecule has 0 bridgehead atoms. The number of carbonyl (C=O) groups is 2. The van der Waals surface area contributed by atoms with Crippen LogP contribution >= 0.6 is 0 Å². The second kappa shape index (κ2) is 8.54. The molecule has 0 aliphatic carbocycles. The highest BCUT2D eigenvalue weighted by Crippen LogP contribution is 2.34. The Kier molecular flexibility index (Phi) is 5.61. The van der Waals surface area contributed by atoms with Gasteiger partial charge < -0.3 is 11.5 Å². The third kappa shape index (κ3) is 4.03. The van der Waals surface area contributed by atoms with Gasteiger partial charge in [-0.2, -0.15) is 5.10 Å². The largest absolute Gasteiger partial charge is 0.382 e. The zero-order chi connectivity index (χ0) is 23.7. The van der Waals surface area contributed by atoms with Gasteiger partial charge in [0, 0.05) is 24.0 Å². The SMILES string of the molecule is CCN(C(=O)Nc1cccc(C)n1)c1ccc(-c2c(C(N)=O)cn3ncnc(N)c23)cc1F. The number of halogens is 1. The molecule has 0 aliphatic rings. The van der Waals surface area contributed by atoms with E-state index in [0.717, 1.165) is 5.69 Å². The summed E-state index contributed by atoms with van der Waals surface area (Å²) in [6.07, 6.45) is 2.65. The lowest BCUT2D eigenvalue weighted by Gasteiger charge is -2.22. The topological polar surface area (TPSA) is 145 Å². The number of benzene rings is 1. The molecule has 33 heavy (non-hydrogen) atoms. The van der Waals surface area contributed by atoms with Crippen LogP contribution in [-0.4, -0.2) is 38.1 Å². The van der Waals surface area contributed by atoms with Crippen molar-refractivity contribution in [2.45, 2.75) is 13.8 Å². The number of fused-ring (bicyclic) bond motifs is 1. The summed E-state index contributed by atoms with van der Waals surface area (Å²) >= 11 is 0. The number of aromatic nitrogens is 4.